The fraction of sp³-hybridized carbons (Fsp3) is 0. The molecule has 0 spiro atoms. The van der Waals surface area contributed by atoms with E-state index in [4.69, 9.17) is 23.1 Å². The molecule has 0 saturated heterocycles. The summed E-state index contributed by atoms with van der Waals surface area (Å²) in [6.07, 6.45) is 2.92. The molecule has 9 heteroatoms. The smallest absolute Gasteiger partial charge is 0.211 e. The lowest BCUT2D eigenvalue weighted by Crippen LogP contribution is -2.21. The molecule has 4 N–H and O–H groups in total. The average molecular weight is 265 g/mol. The molecule has 0 amide bonds. The zero-order valence-electron chi connectivity index (χ0n) is 9.10. The first kappa shape index (κ1) is 12.0. The standard InChI is InChI=1S/C9H9ClN8/c10-7-1-2-8(18-5-14-16-17-18)6(3-7)4-13-15-9(11)12/h1-5H,(H4,11,12,15). The van der Waals surface area contributed by atoms with Crippen LogP contribution in [-0.4, -0.2) is 32.4 Å². The number of halogens is 1. The number of benzene rings is 1. The highest BCUT2D eigenvalue weighted by molar-refractivity contribution is 6.31. The van der Waals surface area contributed by atoms with Crippen LogP contribution in [-0.2, 0) is 0 Å². The van der Waals surface area contributed by atoms with E-state index in [0.717, 1.165) is 0 Å². The van der Waals surface area contributed by atoms with Crippen LogP contribution in [0.3, 0.4) is 0 Å². The van der Waals surface area contributed by atoms with Crippen molar-refractivity contribution in [2.45, 2.75) is 0 Å². The van der Waals surface area contributed by atoms with E-state index in [0.29, 0.717) is 16.3 Å². The van der Waals surface area contributed by atoms with Gasteiger partial charge in [-0.2, -0.15) is 9.78 Å². The number of rotatable bonds is 3. The minimum atomic E-state index is -0.128. The van der Waals surface area contributed by atoms with Crippen LogP contribution in [0, 0.1) is 0 Å². The lowest BCUT2D eigenvalue weighted by Gasteiger charge is -2.03. The molecule has 0 aliphatic carbocycles. The maximum atomic E-state index is 5.91. The van der Waals surface area contributed by atoms with Crippen LogP contribution in [0.5, 0.6) is 0 Å². The van der Waals surface area contributed by atoms with E-state index in [1.807, 2.05) is 0 Å². The topological polar surface area (TPSA) is 120 Å². The van der Waals surface area contributed by atoms with Gasteiger partial charge in [-0.15, -0.1) is 10.2 Å². The predicted octanol–water partition coefficient (Wildman–Crippen LogP) is -0.0770. The second-order valence-corrected chi connectivity index (χ2v) is 3.66. The van der Waals surface area contributed by atoms with Crippen molar-refractivity contribution in [3.8, 4) is 5.69 Å². The Morgan fingerprint density at radius 1 is 1.39 bits per heavy atom. The number of hydrogen-bond acceptors (Lipinski definition) is 5. The quantitative estimate of drug-likeness (QED) is 0.456. The second kappa shape index (κ2) is 5.23. The van der Waals surface area contributed by atoms with Gasteiger partial charge in [0.15, 0.2) is 0 Å². The molecule has 2 aromatic rings. The number of guanidine groups is 1. The highest BCUT2D eigenvalue weighted by Crippen LogP contribution is 2.17. The highest BCUT2D eigenvalue weighted by Gasteiger charge is 2.05. The Balaban J connectivity index is 2.42. The lowest BCUT2D eigenvalue weighted by atomic mass is 10.2. The van der Waals surface area contributed by atoms with Crippen LogP contribution < -0.4 is 11.5 Å². The zero-order valence-corrected chi connectivity index (χ0v) is 9.86. The number of tetrazole rings is 1. The summed E-state index contributed by atoms with van der Waals surface area (Å²) in [5.41, 5.74) is 11.7. The zero-order chi connectivity index (χ0) is 13.0. The molecular formula is C9H9ClN8. The molecule has 0 bridgehead atoms. The van der Waals surface area contributed by atoms with E-state index >= 15 is 0 Å². The van der Waals surface area contributed by atoms with E-state index < -0.39 is 0 Å². The molecule has 1 aromatic heterocycles. The summed E-state index contributed by atoms with van der Waals surface area (Å²) in [4.78, 5) is 0. The minimum absolute atomic E-state index is 0.128. The van der Waals surface area contributed by atoms with Gasteiger partial charge in [0.2, 0.25) is 5.96 Å². The van der Waals surface area contributed by atoms with E-state index in [9.17, 15) is 0 Å². The van der Waals surface area contributed by atoms with Gasteiger partial charge in [0.25, 0.3) is 0 Å². The summed E-state index contributed by atoms with van der Waals surface area (Å²) in [6.45, 7) is 0. The Morgan fingerprint density at radius 2 is 2.22 bits per heavy atom. The van der Waals surface area contributed by atoms with Crippen molar-refractivity contribution in [1.82, 2.24) is 20.2 Å². The van der Waals surface area contributed by atoms with Crippen molar-refractivity contribution >= 4 is 23.8 Å². The maximum absolute atomic E-state index is 5.91. The van der Waals surface area contributed by atoms with Crippen molar-refractivity contribution in [3.05, 3.63) is 35.1 Å². The van der Waals surface area contributed by atoms with Gasteiger partial charge in [-0.05, 0) is 28.6 Å². The first-order valence-electron chi connectivity index (χ1n) is 4.81. The first-order chi connectivity index (χ1) is 8.66. The summed E-state index contributed by atoms with van der Waals surface area (Å²) < 4.78 is 1.48. The number of hydrogen-bond donors (Lipinski definition) is 2. The Bertz CT molecular complexity index is 585. The van der Waals surface area contributed by atoms with Crippen LogP contribution in [0.1, 0.15) is 5.56 Å². The molecule has 0 saturated carbocycles. The van der Waals surface area contributed by atoms with Crippen molar-refractivity contribution in [3.63, 3.8) is 0 Å². The van der Waals surface area contributed by atoms with Crippen molar-refractivity contribution in [2.75, 3.05) is 0 Å². The van der Waals surface area contributed by atoms with Gasteiger partial charge in [0, 0.05) is 10.6 Å². The monoisotopic (exact) mass is 264 g/mol. The first-order valence-corrected chi connectivity index (χ1v) is 5.19. The predicted molar refractivity (Wildman–Crippen MR) is 67.6 cm³/mol. The third-order valence-electron chi connectivity index (χ3n) is 1.96. The Hall–Kier alpha value is -2.48. The molecule has 0 aliphatic rings. The van der Waals surface area contributed by atoms with Crippen LogP contribution >= 0.6 is 11.6 Å². The van der Waals surface area contributed by atoms with Gasteiger partial charge in [0.05, 0.1) is 11.9 Å². The fourth-order valence-electron chi connectivity index (χ4n) is 1.27. The number of aromatic nitrogens is 4. The summed E-state index contributed by atoms with van der Waals surface area (Å²) in [5, 5.41) is 18.7. The number of nitrogens with zero attached hydrogens (tertiary/aromatic N) is 6. The molecule has 0 atom stereocenters. The molecule has 1 aromatic carbocycles. The summed E-state index contributed by atoms with van der Waals surface area (Å²) in [7, 11) is 0. The van der Waals surface area contributed by atoms with Crippen LogP contribution in [0.15, 0.2) is 34.7 Å². The molecule has 2 rings (SSSR count). The Kier molecular flexibility index (Phi) is 3.49. The maximum Gasteiger partial charge on any atom is 0.211 e. The average Bonchev–Trinajstić information content (AvgIpc) is 2.82. The molecule has 92 valence electrons. The molecule has 18 heavy (non-hydrogen) atoms. The van der Waals surface area contributed by atoms with Crippen molar-refractivity contribution in [1.29, 1.82) is 0 Å². The molecule has 0 unspecified atom stereocenters. The summed E-state index contributed by atoms with van der Waals surface area (Å²) in [6, 6.07) is 5.18. The molecular weight excluding hydrogens is 256 g/mol. The Labute approximate surface area is 107 Å². The van der Waals surface area contributed by atoms with E-state index in [1.54, 1.807) is 18.2 Å². The van der Waals surface area contributed by atoms with Gasteiger partial charge in [-0.3, -0.25) is 0 Å². The van der Waals surface area contributed by atoms with E-state index in [1.165, 1.54) is 17.2 Å². The molecule has 0 aliphatic heterocycles. The summed E-state index contributed by atoms with van der Waals surface area (Å²) in [5.74, 6) is -0.128. The van der Waals surface area contributed by atoms with Gasteiger partial charge >= 0.3 is 0 Å². The lowest BCUT2D eigenvalue weighted by molar-refractivity contribution is 0.788. The normalized spacial score (nSPS) is 10.7. The van der Waals surface area contributed by atoms with Gasteiger partial charge < -0.3 is 11.5 Å². The Morgan fingerprint density at radius 3 is 2.89 bits per heavy atom. The van der Waals surface area contributed by atoms with Crippen LogP contribution in [0.25, 0.3) is 5.69 Å². The van der Waals surface area contributed by atoms with Gasteiger partial charge in [-0.1, -0.05) is 11.6 Å². The van der Waals surface area contributed by atoms with Gasteiger partial charge in [0.1, 0.15) is 6.33 Å². The SMILES string of the molecule is NC(N)=NN=Cc1cc(Cl)ccc1-n1cnnn1. The highest BCUT2D eigenvalue weighted by atomic mass is 35.5. The van der Waals surface area contributed by atoms with Gasteiger partial charge in [-0.25, -0.2) is 0 Å². The second-order valence-electron chi connectivity index (χ2n) is 3.23. The fourth-order valence-corrected chi connectivity index (χ4v) is 1.45. The van der Waals surface area contributed by atoms with E-state index in [-0.39, 0.29) is 5.96 Å². The minimum Gasteiger partial charge on any atom is -0.369 e. The third kappa shape index (κ3) is 2.80. The molecule has 0 fully saturated rings. The van der Waals surface area contributed by atoms with Crippen LogP contribution in [0.4, 0.5) is 0 Å². The molecule has 8 nitrogen and oxygen atoms in total. The van der Waals surface area contributed by atoms with Crippen molar-refractivity contribution in [2.24, 2.45) is 21.7 Å². The van der Waals surface area contributed by atoms with Crippen molar-refractivity contribution < 1.29 is 0 Å². The largest absolute Gasteiger partial charge is 0.369 e. The molecule has 1 heterocycles. The number of nitrogens with two attached hydrogens (primary N) is 2. The molecule has 0 radical (unpaired) electrons. The van der Waals surface area contributed by atoms with E-state index in [2.05, 4.69) is 25.7 Å². The summed E-state index contributed by atoms with van der Waals surface area (Å²) >= 11 is 5.91. The van der Waals surface area contributed by atoms with Crippen LogP contribution in [0.2, 0.25) is 5.02 Å². The third-order valence-corrected chi connectivity index (χ3v) is 2.19.